The number of aromatic nitrogens is 4. The number of aryl methyl sites for hydroxylation is 1. The molecule has 0 unspecified atom stereocenters. The molecule has 8 nitrogen and oxygen atoms in total. The molecular weight excluding hydrogens is 402 g/mol. The van der Waals surface area contributed by atoms with E-state index < -0.39 is 0 Å². The van der Waals surface area contributed by atoms with Gasteiger partial charge in [-0.15, -0.1) is 5.10 Å². The van der Waals surface area contributed by atoms with E-state index in [2.05, 4.69) is 50.9 Å². The van der Waals surface area contributed by atoms with Crippen molar-refractivity contribution in [3.8, 4) is 5.75 Å². The molecular formula is C24H33N7O. The number of rotatable bonds is 5. The Labute approximate surface area is 189 Å². The van der Waals surface area contributed by atoms with Crippen LogP contribution in [0.3, 0.4) is 0 Å². The van der Waals surface area contributed by atoms with E-state index in [9.17, 15) is 0 Å². The zero-order chi connectivity index (χ0) is 22.1. The molecule has 0 N–H and O–H groups in total. The van der Waals surface area contributed by atoms with Crippen molar-refractivity contribution in [2.24, 2.45) is 5.92 Å². The number of methoxy groups -OCH3 is 1. The molecule has 0 atom stereocenters. The smallest absolute Gasteiger partial charge is 0.254 e. The largest absolute Gasteiger partial charge is 0.497 e. The van der Waals surface area contributed by atoms with Crippen molar-refractivity contribution in [3.05, 3.63) is 41.9 Å². The molecule has 0 aliphatic carbocycles. The third-order valence-corrected chi connectivity index (χ3v) is 6.73. The number of ether oxygens (including phenoxy) is 1. The quantitative estimate of drug-likeness (QED) is 0.610. The zero-order valence-corrected chi connectivity index (χ0v) is 19.4. The van der Waals surface area contributed by atoms with Crippen molar-refractivity contribution in [1.29, 1.82) is 0 Å². The van der Waals surface area contributed by atoms with E-state index in [1.165, 1.54) is 18.5 Å². The summed E-state index contributed by atoms with van der Waals surface area (Å²) in [7, 11) is 1.71. The van der Waals surface area contributed by atoms with Crippen LogP contribution >= 0.6 is 0 Å². The third-order valence-electron chi connectivity index (χ3n) is 6.73. The molecule has 170 valence electrons. The van der Waals surface area contributed by atoms with Crippen molar-refractivity contribution in [3.63, 3.8) is 0 Å². The minimum absolute atomic E-state index is 0.712. The Morgan fingerprint density at radius 3 is 2.50 bits per heavy atom. The summed E-state index contributed by atoms with van der Waals surface area (Å²) in [5, 5.41) is 4.87. The lowest BCUT2D eigenvalue weighted by atomic mass is 9.99. The van der Waals surface area contributed by atoms with Gasteiger partial charge in [0.1, 0.15) is 11.6 Å². The van der Waals surface area contributed by atoms with Crippen molar-refractivity contribution in [2.45, 2.75) is 33.2 Å². The third kappa shape index (κ3) is 4.37. The Hall–Kier alpha value is -2.87. The van der Waals surface area contributed by atoms with Crippen LogP contribution in [0.25, 0.3) is 5.78 Å². The van der Waals surface area contributed by atoms with E-state index in [4.69, 9.17) is 14.8 Å². The van der Waals surface area contributed by atoms with Crippen LogP contribution in [0.2, 0.25) is 0 Å². The summed E-state index contributed by atoms with van der Waals surface area (Å²) >= 11 is 0. The van der Waals surface area contributed by atoms with Gasteiger partial charge in [0.2, 0.25) is 0 Å². The summed E-state index contributed by atoms with van der Waals surface area (Å²) < 4.78 is 7.33. The first-order valence-corrected chi connectivity index (χ1v) is 11.7. The predicted molar refractivity (Wildman–Crippen MR) is 127 cm³/mol. The number of nitrogens with zero attached hydrogens (tertiary/aromatic N) is 7. The molecule has 2 aliphatic rings. The first kappa shape index (κ1) is 21.0. The van der Waals surface area contributed by atoms with Crippen LogP contribution in [-0.2, 0) is 6.54 Å². The molecule has 0 spiro atoms. The molecule has 1 aromatic carbocycles. The van der Waals surface area contributed by atoms with Gasteiger partial charge < -0.3 is 14.5 Å². The summed E-state index contributed by atoms with van der Waals surface area (Å²) in [4.78, 5) is 16.7. The molecule has 0 radical (unpaired) electrons. The first-order valence-electron chi connectivity index (χ1n) is 11.7. The maximum atomic E-state index is 5.38. The van der Waals surface area contributed by atoms with Gasteiger partial charge in [-0.2, -0.15) is 9.50 Å². The van der Waals surface area contributed by atoms with Gasteiger partial charge in [-0.3, -0.25) is 4.90 Å². The number of hydrogen-bond acceptors (Lipinski definition) is 7. The van der Waals surface area contributed by atoms with Gasteiger partial charge >= 0.3 is 0 Å². The van der Waals surface area contributed by atoms with Gasteiger partial charge in [0.15, 0.2) is 5.82 Å². The van der Waals surface area contributed by atoms with Gasteiger partial charge in [-0.25, -0.2) is 4.98 Å². The maximum absolute atomic E-state index is 5.38. The minimum Gasteiger partial charge on any atom is -0.497 e. The highest BCUT2D eigenvalue weighted by molar-refractivity contribution is 5.51. The molecule has 0 amide bonds. The van der Waals surface area contributed by atoms with Gasteiger partial charge in [-0.1, -0.05) is 13.0 Å². The van der Waals surface area contributed by atoms with Gasteiger partial charge in [0.25, 0.3) is 5.78 Å². The minimum atomic E-state index is 0.712. The van der Waals surface area contributed by atoms with E-state index in [0.29, 0.717) is 5.78 Å². The highest BCUT2D eigenvalue weighted by Crippen LogP contribution is 2.25. The van der Waals surface area contributed by atoms with Gasteiger partial charge in [0.05, 0.1) is 13.7 Å². The molecule has 32 heavy (non-hydrogen) atoms. The van der Waals surface area contributed by atoms with Crippen molar-refractivity contribution in [2.75, 3.05) is 56.2 Å². The van der Waals surface area contributed by atoms with Crippen LogP contribution in [0.4, 0.5) is 11.5 Å². The average molecular weight is 436 g/mol. The van der Waals surface area contributed by atoms with Crippen LogP contribution in [0.5, 0.6) is 5.75 Å². The summed E-state index contributed by atoms with van der Waals surface area (Å²) in [6, 6.07) is 10.4. The van der Waals surface area contributed by atoms with E-state index in [1.807, 2.05) is 17.5 Å². The van der Waals surface area contributed by atoms with Crippen LogP contribution in [0.1, 0.15) is 31.3 Å². The molecule has 8 heteroatoms. The number of fused-ring (bicyclic) bond motifs is 1. The second kappa shape index (κ2) is 8.94. The second-order valence-corrected chi connectivity index (χ2v) is 9.13. The van der Waals surface area contributed by atoms with Crippen molar-refractivity contribution in [1.82, 2.24) is 24.5 Å². The number of anilines is 2. The molecule has 0 saturated carbocycles. The molecule has 5 rings (SSSR count). The van der Waals surface area contributed by atoms with E-state index in [1.54, 1.807) is 7.11 Å². The topological polar surface area (TPSA) is 62.0 Å². The fraction of sp³-hybridized carbons (Fsp3) is 0.542. The monoisotopic (exact) mass is 435 g/mol. The Morgan fingerprint density at radius 2 is 1.75 bits per heavy atom. The Bertz CT molecular complexity index is 1070. The number of piperazine rings is 1. The Kier molecular flexibility index (Phi) is 5.87. The zero-order valence-electron chi connectivity index (χ0n) is 19.4. The van der Waals surface area contributed by atoms with E-state index in [0.717, 1.165) is 74.8 Å². The van der Waals surface area contributed by atoms with Gasteiger partial charge in [0, 0.05) is 62.8 Å². The highest BCUT2D eigenvalue weighted by Gasteiger charge is 2.22. The van der Waals surface area contributed by atoms with Crippen LogP contribution < -0.4 is 14.5 Å². The normalized spacial score (nSPS) is 18.5. The van der Waals surface area contributed by atoms with Crippen molar-refractivity contribution < 1.29 is 4.74 Å². The lowest BCUT2D eigenvalue weighted by Gasteiger charge is -2.35. The molecule has 2 saturated heterocycles. The number of hydrogen-bond donors (Lipinski definition) is 0. The molecule has 2 fully saturated rings. The standard InChI is InChI=1S/C24H33N7O/c1-18-7-9-30(10-8-18)23-15-19(2)25-24-26-22(27-31(23)24)17-28-11-13-29(14-12-28)20-5-4-6-21(16-20)32-3/h4-6,15-16,18H,7-14,17H2,1-3H3. The van der Waals surface area contributed by atoms with Gasteiger partial charge in [-0.05, 0) is 37.8 Å². The SMILES string of the molecule is COc1cccc(N2CCN(Cc3nc4nc(C)cc(N5CCC(C)CC5)n4n3)CC2)c1. The number of benzene rings is 1. The van der Waals surface area contributed by atoms with Crippen LogP contribution in [-0.4, -0.2) is 70.9 Å². The van der Waals surface area contributed by atoms with Crippen molar-refractivity contribution >= 4 is 17.3 Å². The van der Waals surface area contributed by atoms with Crippen LogP contribution in [0.15, 0.2) is 30.3 Å². The fourth-order valence-corrected chi connectivity index (χ4v) is 4.71. The molecule has 2 aromatic heterocycles. The fourth-order valence-electron chi connectivity index (χ4n) is 4.71. The highest BCUT2D eigenvalue weighted by atomic mass is 16.5. The summed E-state index contributed by atoms with van der Waals surface area (Å²) in [5.41, 5.74) is 2.21. The lowest BCUT2D eigenvalue weighted by Crippen LogP contribution is -2.46. The second-order valence-electron chi connectivity index (χ2n) is 9.13. The first-order chi connectivity index (χ1) is 15.6. The molecule has 3 aromatic rings. The Balaban J connectivity index is 1.27. The molecule has 4 heterocycles. The van der Waals surface area contributed by atoms with Crippen LogP contribution in [0, 0.1) is 12.8 Å². The molecule has 0 bridgehead atoms. The Morgan fingerprint density at radius 1 is 0.969 bits per heavy atom. The summed E-state index contributed by atoms with van der Waals surface area (Å²) in [6.45, 7) is 11.2. The maximum Gasteiger partial charge on any atom is 0.254 e. The van der Waals surface area contributed by atoms with E-state index in [-0.39, 0.29) is 0 Å². The predicted octanol–water partition coefficient (Wildman–Crippen LogP) is 3.00. The molecule has 2 aliphatic heterocycles. The summed E-state index contributed by atoms with van der Waals surface area (Å²) in [6.07, 6.45) is 2.45. The lowest BCUT2D eigenvalue weighted by molar-refractivity contribution is 0.244. The number of piperidine rings is 1. The average Bonchev–Trinajstić information content (AvgIpc) is 3.21. The summed E-state index contributed by atoms with van der Waals surface area (Å²) in [5.74, 6) is 4.39. The van der Waals surface area contributed by atoms with E-state index >= 15 is 0 Å².